The van der Waals surface area contributed by atoms with Gasteiger partial charge in [0.1, 0.15) is 11.3 Å². The van der Waals surface area contributed by atoms with E-state index < -0.39 is 11.4 Å². The predicted molar refractivity (Wildman–Crippen MR) is 126 cm³/mol. The molecule has 4 rings (SSSR count). The smallest absolute Gasteiger partial charge is 0.549 e. The van der Waals surface area contributed by atoms with Crippen molar-refractivity contribution in [3.63, 3.8) is 0 Å². The van der Waals surface area contributed by atoms with Gasteiger partial charge in [-0.1, -0.05) is 69.2 Å². The fourth-order valence-corrected chi connectivity index (χ4v) is 5.39. The molecule has 0 radical (unpaired) electrons. The van der Waals surface area contributed by atoms with E-state index in [-0.39, 0.29) is 22.4 Å². The van der Waals surface area contributed by atoms with Crippen LogP contribution in [-0.4, -0.2) is 17.0 Å². The van der Waals surface area contributed by atoms with Gasteiger partial charge in [0.15, 0.2) is 0 Å². The van der Waals surface area contributed by atoms with Crippen molar-refractivity contribution in [2.45, 2.75) is 59.8 Å². The minimum Gasteiger partial charge on any atom is -0.561 e. The Kier molecular flexibility index (Phi) is 5.52. The van der Waals surface area contributed by atoms with Gasteiger partial charge in [-0.25, -0.2) is 0 Å². The van der Waals surface area contributed by atoms with Gasteiger partial charge in [0.25, 0.3) is 0 Å². The summed E-state index contributed by atoms with van der Waals surface area (Å²) in [7, 11) is 0. The average molecular weight is 434 g/mol. The molecular weight excluding hydrogens is 400 g/mol. The van der Waals surface area contributed by atoms with Crippen LogP contribution in [0.15, 0.2) is 65.7 Å². The van der Waals surface area contributed by atoms with E-state index in [4.69, 9.17) is 9.84 Å². The van der Waals surface area contributed by atoms with E-state index in [9.17, 15) is 9.59 Å². The van der Waals surface area contributed by atoms with Crippen molar-refractivity contribution >= 4 is 11.9 Å². The highest BCUT2D eigenvalue weighted by molar-refractivity contribution is 5.88. The lowest BCUT2D eigenvalue weighted by atomic mass is 9.64. The van der Waals surface area contributed by atoms with Crippen LogP contribution < -0.4 is 4.74 Å². The lowest BCUT2D eigenvalue weighted by molar-refractivity contribution is -0.145. The monoisotopic (exact) mass is 433 g/mol. The standard InChI is InChI=1S/C28H32O4/c1-26(2)14-15-27(3,4)23-18-28(17-22(23)26,16-19-8-6-5-7-9-19)25(31)32-21-12-10-20(11-13-21)24(29)30/h5-13H,14-18H2,1-4H3,(H,29,30)/p+1. The molecule has 0 saturated heterocycles. The molecule has 0 heterocycles. The normalized spacial score (nSPS) is 20.5. The fraction of sp³-hybridized carbons (Fsp3) is 0.429. The molecule has 168 valence electrons. The van der Waals surface area contributed by atoms with E-state index in [1.165, 1.54) is 23.3 Å². The van der Waals surface area contributed by atoms with Crippen LogP contribution >= 0.6 is 0 Å². The minimum atomic E-state index is -0.749. The molecule has 2 aliphatic carbocycles. The molecule has 4 nitrogen and oxygen atoms in total. The highest BCUT2D eigenvalue weighted by Crippen LogP contribution is 2.60. The van der Waals surface area contributed by atoms with E-state index in [1.54, 1.807) is 12.1 Å². The Morgan fingerprint density at radius 2 is 1.38 bits per heavy atom. The van der Waals surface area contributed by atoms with Gasteiger partial charge in [-0.3, -0.25) is 4.79 Å². The van der Waals surface area contributed by atoms with Crippen molar-refractivity contribution in [2.75, 3.05) is 0 Å². The molecule has 4 heteroatoms. The number of hydrogen-bond donors (Lipinski definition) is 0. The first-order valence-corrected chi connectivity index (χ1v) is 11.4. The average Bonchev–Trinajstić information content (AvgIpc) is 3.16. The van der Waals surface area contributed by atoms with Crippen LogP contribution in [0.1, 0.15) is 69.3 Å². The molecule has 32 heavy (non-hydrogen) atoms. The van der Waals surface area contributed by atoms with E-state index in [2.05, 4.69) is 39.8 Å². The number of benzene rings is 2. The van der Waals surface area contributed by atoms with Crippen molar-refractivity contribution in [3.8, 4) is 5.75 Å². The number of carbonyl (C=O) groups is 2. The molecular formula is C28H33O4+. The van der Waals surface area contributed by atoms with Crippen molar-refractivity contribution in [2.24, 2.45) is 16.2 Å². The van der Waals surface area contributed by atoms with Gasteiger partial charge in [-0.05, 0) is 72.8 Å². The van der Waals surface area contributed by atoms with Crippen LogP contribution in [0.2, 0.25) is 0 Å². The van der Waals surface area contributed by atoms with Crippen LogP contribution in [0.25, 0.3) is 0 Å². The largest absolute Gasteiger partial charge is 0.561 e. The maximum absolute atomic E-state index is 13.8. The lowest BCUT2D eigenvalue weighted by Gasteiger charge is -2.41. The molecule has 2 N–H and O–H groups in total. The Hall–Kier alpha value is -2.88. The summed E-state index contributed by atoms with van der Waals surface area (Å²) in [5.41, 5.74) is 3.79. The summed E-state index contributed by atoms with van der Waals surface area (Å²) in [6.07, 6.45) is 4.32. The summed E-state index contributed by atoms with van der Waals surface area (Å²) in [6, 6.07) is 16.5. The lowest BCUT2D eigenvalue weighted by Crippen LogP contribution is -2.36. The molecule has 0 aliphatic heterocycles. The van der Waals surface area contributed by atoms with Crippen molar-refractivity contribution in [3.05, 3.63) is 76.9 Å². The number of rotatable bonds is 5. The van der Waals surface area contributed by atoms with E-state index >= 15 is 0 Å². The minimum absolute atomic E-state index is 0.0830. The second kappa shape index (κ2) is 7.91. The van der Waals surface area contributed by atoms with Gasteiger partial charge < -0.3 is 9.84 Å². The van der Waals surface area contributed by atoms with Gasteiger partial charge in [-0.15, -0.1) is 0 Å². The van der Waals surface area contributed by atoms with Crippen LogP contribution in [0.5, 0.6) is 5.75 Å². The Balaban J connectivity index is 1.68. The van der Waals surface area contributed by atoms with Crippen molar-refractivity contribution < 1.29 is 19.4 Å². The predicted octanol–water partition coefficient (Wildman–Crippen LogP) is 5.62. The molecule has 0 amide bonds. The molecule has 0 atom stereocenters. The number of ether oxygens (including phenoxy) is 1. The third kappa shape index (κ3) is 4.11. The van der Waals surface area contributed by atoms with E-state index in [0.29, 0.717) is 12.2 Å². The summed E-state index contributed by atoms with van der Waals surface area (Å²) in [5, 5.41) is 7.24. The number of esters is 1. The highest BCUT2D eigenvalue weighted by atomic mass is 16.5. The first kappa shape index (κ1) is 22.3. The second-order valence-electron chi connectivity index (χ2n) is 10.8. The Morgan fingerprint density at radius 1 is 0.844 bits per heavy atom. The molecule has 0 aromatic heterocycles. The summed E-state index contributed by atoms with van der Waals surface area (Å²) < 4.78 is 5.91. The van der Waals surface area contributed by atoms with Crippen LogP contribution in [0, 0.1) is 16.2 Å². The Morgan fingerprint density at radius 3 is 1.88 bits per heavy atom. The Bertz CT molecular complexity index is 1030. The van der Waals surface area contributed by atoms with Gasteiger partial charge in [0.2, 0.25) is 0 Å². The van der Waals surface area contributed by atoms with Crippen molar-refractivity contribution in [1.29, 1.82) is 0 Å². The highest BCUT2D eigenvalue weighted by Gasteiger charge is 2.53. The summed E-state index contributed by atoms with van der Waals surface area (Å²) in [4.78, 5) is 25.0. The van der Waals surface area contributed by atoms with Gasteiger partial charge in [0.05, 0.1) is 5.41 Å². The zero-order valence-electron chi connectivity index (χ0n) is 19.5. The number of carbonyl (C=O) groups excluding carboxylic acids is 2. The van der Waals surface area contributed by atoms with Gasteiger partial charge >= 0.3 is 11.9 Å². The van der Waals surface area contributed by atoms with Crippen LogP contribution in [0.3, 0.4) is 0 Å². The molecule has 0 spiro atoms. The SMILES string of the molecule is CC1(C)CCC(C)(C)C2=C1CC(Cc1ccccc1)(C(=O)Oc1ccc(C(=O)[OH2+])cc1)C2. The third-order valence-corrected chi connectivity index (χ3v) is 7.55. The molecule has 2 aromatic rings. The molecule has 0 bridgehead atoms. The second-order valence-corrected chi connectivity index (χ2v) is 10.8. The third-order valence-electron chi connectivity index (χ3n) is 7.55. The topological polar surface area (TPSA) is 66.3 Å². The fourth-order valence-electron chi connectivity index (χ4n) is 5.39. The van der Waals surface area contributed by atoms with Gasteiger partial charge in [0, 0.05) is 4.79 Å². The first-order valence-electron chi connectivity index (χ1n) is 11.4. The Labute approximate surface area is 190 Å². The summed E-state index contributed by atoms with van der Waals surface area (Å²) in [6.45, 7) is 9.21. The zero-order chi connectivity index (χ0) is 23.1. The molecule has 0 fully saturated rings. The zero-order valence-corrected chi connectivity index (χ0v) is 19.5. The maximum Gasteiger partial charge on any atom is 0.549 e. The van der Waals surface area contributed by atoms with E-state index in [1.807, 2.05) is 18.2 Å². The van der Waals surface area contributed by atoms with Gasteiger partial charge in [-0.2, -0.15) is 0 Å². The summed E-state index contributed by atoms with van der Waals surface area (Å²) >= 11 is 0. The van der Waals surface area contributed by atoms with Crippen molar-refractivity contribution in [1.82, 2.24) is 0 Å². The molecule has 2 aromatic carbocycles. The summed E-state index contributed by atoms with van der Waals surface area (Å²) in [5.74, 6) is -0.552. The molecule has 2 aliphatic rings. The quantitative estimate of drug-likeness (QED) is 0.266. The van der Waals surface area contributed by atoms with E-state index in [0.717, 1.165) is 31.2 Å². The molecule has 0 saturated carbocycles. The van der Waals surface area contributed by atoms with Crippen LogP contribution in [0.4, 0.5) is 0 Å². The van der Waals surface area contributed by atoms with Crippen LogP contribution in [-0.2, 0) is 11.2 Å². The first-order chi connectivity index (χ1) is 15.0. The number of allylic oxidation sites excluding steroid dienone is 2. The maximum atomic E-state index is 13.8. The molecule has 0 unspecified atom stereocenters. The number of hydrogen-bond acceptors (Lipinski definition) is 3.